The number of Topliss-reactive ketones (excluding diaryl/α,β-unsaturated/α-hetero) is 1. The van der Waals surface area contributed by atoms with Gasteiger partial charge in [0.15, 0.2) is 5.78 Å². The van der Waals surface area contributed by atoms with Gasteiger partial charge in [0.2, 0.25) is 5.91 Å². The highest BCUT2D eigenvalue weighted by atomic mass is 16.1. The molecule has 2 aromatic carbocycles. The maximum atomic E-state index is 12.0. The summed E-state index contributed by atoms with van der Waals surface area (Å²) in [4.78, 5) is 23.3. The average Bonchev–Trinajstić information content (AvgIpc) is 2.46. The van der Waals surface area contributed by atoms with E-state index in [-0.39, 0.29) is 11.7 Å². The van der Waals surface area contributed by atoms with Crippen LogP contribution in [0.5, 0.6) is 0 Å². The van der Waals surface area contributed by atoms with Crippen LogP contribution in [0.25, 0.3) is 0 Å². The molecule has 2 aromatic rings. The van der Waals surface area contributed by atoms with E-state index in [1.807, 2.05) is 31.2 Å². The summed E-state index contributed by atoms with van der Waals surface area (Å²) in [5.74, 6) is -0.0510. The van der Waals surface area contributed by atoms with E-state index < -0.39 is 0 Å². The van der Waals surface area contributed by atoms with E-state index in [9.17, 15) is 9.59 Å². The molecule has 0 aromatic heterocycles. The third kappa shape index (κ3) is 4.28. The summed E-state index contributed by atoms with van der Waals surface area (Å²) in [6.07, 6.45) is 1.14. The van der Waals surface area contributed by atoms with Crippen LogP contribution in [0.15, 0.2) is 48.5 Å². The summed E-state index contributed by atoms with van der Waals surface area (Å²) in [7, 11) is 0. The lowest BCUT2D eigenvalue weighted by Crippen LogP contribution is -2.13. The first-order valence-electron chi connectivity index (χ1n) is 7.01. The molecule has 0 saturated carbocycles. The van der Waals surface area contributed by atoms with Crippen molar-refractivity contribution in [2.24, 2.45) is 0 Å². The number of ketones is 1. The monoisotopic (exact) mass is 281 g/mol. The fourth-order valence-electron chi connectivity index (χ4n) is 2.18. The minimum atomic E-state index is -0.0426. The number of hydrogen-bond acceptors (Lipinski definition) is 2. The van der Waals surface area contributed by atoms with Gasteiger partial charge >= 0.3 is 0 Å². The van der Waals surface area contributed by atoms with Gasteiger partial charge in [0.25, 0.3) is 0 Å². The highest BCUT2D eigenvalue weighted by Gasteiger charge is 2.06. The molecule has 0 fully saturated rings. The van der Waals surface area contributed by atoms with Crippen molar-refractivity contribution in [1.82, 2.24) is 0 Å². The second-order valence-corrected chi connectivity index (χ2v) is 5.11. The zero-order valence-electron chi connectivity index (χ0n) is 12.3. The van der Waals surface area contributed by atoms with Crippen molar-refractivity contribution in [3.05, 3.63) is 65.2 Å². The minimum absolute atomic E-state index is 0.00832. The summed E-state index contributed by atoms with van der Waals surface area (Å²) in [6.45, 7) is 3.56. The van der Waals surface area contributed by atoms with Crippen LogP contribution >= 0.6 is 0 Å². The molecule has 0 radical (unpaired) electrons. The smallest absolute Gasteiger partial charge is 0.224 e. The quantitative estimate of drug-likeness (QED) is 0.848. The Kier molecular flexibility index (Phi) is 4.88. The second-order valence-electron chi connectivity index (χ2n) is 5.11. The molecule has 0 aliphatic carbocycles. The van der Waals surface area contributed by atoms with Gasteiger partial charge in [0, 0.05) is 17.7 Å². The molecule has 0 spiro atoms. The molecule has 21 heavy (non-hydrogen) atoms. The summed E-state index contributed by atoms with van der Waals surface area (Å²) >= 11 is 0. The SMILES string of the molecule is CC(=O)c1cccc(NC(=O)CCc2ccccc2C)c1. The van der Waals surface area contributed by atoms with E-state index in [2.05, 4.69) is 5.32 Å². The molecule has 3 nitrogen and oxygen atoms in total. The van der Waals surface area contributed by atoms with E-state index in [1.54, 1.807) is 24.3 Å². The topological polar surface area (TPSA) is 46.2 Å². The highest BCUT2D eigenvalue weighted by Crippen LogP contribution is 2.13. The third-order valence-corrected chi connectivity index (χ3v) is 3.44. The highest BCUT2D eigenvalue weighted by molar-refractivity contribution is 5.97. The Balaban J connectivity index is 1.95. The van der Waals surface area contributed by atoms with Crippen molar-refractivity contribution in [3.63, 3.8) is 0 Å². The normalized spacial score (nSPS) is 10.2. The summed E-state index contributed by atoms with van der Waals surface area (Å²) in [5.41, 5.74) is 3.65. The Hall–Kier alpha value is -2.42. The number of nitrogens with one attached hydrogen (secondary N) is 1. The Morgan fingerprint density at radius 1 is 1.05 bits per heavy atom. The Morgan fingerprint density at radius 2 is 1.81 bits per heavy atom. The maximum Gasteiger partial charge on any atom is 0.224 e. The predicted octanol–water partition coefficient (Wildman–Crippen LogP) is 3.77. The molecule has 0 aliphatic rings. The first kappa shape index (κ1) is 15.0. The van der Waals surface area contributed by atoms with E-state index in [4.69, 9.17) is 0 Å². The van der Waals surface area contributed by atoms with Crippen LogP contribution in [0.3, 0.4) is 0 Å². The van der Waals surface area contributed by atoms with Crippen LogP contribution in [-0.2, 0) is 11.2 Å². The standard InChI is InChI=1S/C18H19NO2/c1-13-6-3-4-7-15(13)10-11-18(21)19-17-9-5-8-16(12-17)14(2)20/h3-9,12H,10-11H2,1-2H3,(H,19,21). The van der Waals surface area contributed by atoms with Crippen LogP contribution in [0, 0.1) is 6.92 Å². The van der Waals surface area contributed by atoms with Gasteiger partial charge < -0.3 is 5.32 Å². The minimum Gasteiger partial charge on any atom is -0.326 e. The van der Waals surface area contributed by atoms with Gasteiger partial charge in [-0.1, -0.05) is 36.4 Å². The van der Waals surface area contributed by atoms with Crippen LogP contribution < -0.4 is 5.32 Å². The molecule has 0 heterocycles. The van der Waals surface area contributed by atoms with E-state index in [0.717, 1.165) is 0 Å². The summed E-state index contributed by atoms with van der Waals surface area (Å²) in [5, 5.41) is 2.84. The Morgan fingerprint density at radius 3 is 2.52 bits per heavy atom. The largest absolute Gasteiger partial charge is 0.326 e. The number of hydrogen-bond donors (Lipinski definition) is 1. The first-order valence-corrected chi connectivity index (χ1v) is 7.01. The maximum absolute atomic E-state index is 12.0. The van der Waals surface area contributed by atoms with Crippen LogP contribution in [0.1, 0.15) is 34.8 Å². The molecule has 1 amide bonds. The number of carbonyl (C=O) groups is 2. The van der Waals surface area contributed by atoms with Gasteiger partial charge in [-0.05, 0) is 43.5 Å². The zero-order valence-corrected chi connectivity index (χ0v) is 12.3. The lowest BCUT2D eigenvalue weighted by atomic mass is 10.0. The molecule has 0 bridgehead atoms. The van der Waals surface area contributed by atoms with E-state index in [1.165, 1.54) is 18.1 Å². The molecular weight excluding hydrogens is 262 g/mol. The molecule has 3 heteroatoms. The molecular formula is C18H19NO2. The fourth-order valence-corrected chi connectivity index (χ4v) is 2.18. The van der Waals surface area contributed by atoms with Gasteiger partial charge in [-0.2, -0.15) is 0 Å². The van der Waals surface area contributed by atoms with Crippen LogP contribution in [0.2, 0.25) is 0 Å². The van der Waals surface area contributed by atoms with Crippen molar-refractivity contribution in [2.75, 3.05) is 5.32 Å². The predicted molar refractivity (Wildman–Crippen MR) is 84.6 cm³/mol. The van der Waals surface area contributed by atoms with Gasteiger partial charge in [-0.25, -0.2) is 0 Å². The summed E-state index contributed by atoms with van der Waals surface area (Å²) < 4.78 is 0. The molecule has 108 valence electrons. The Labute approximate surface area is 125 Å². The van der Waals surface area contributed by atoms with Crippen molar-refractivity contribution >= 4 is 17.4 Å². The molecule has 0 unspecified atom stereocenters. The number of benzene rings is 2. The van der Waals surface area contributed by atoms with E-state index >= 15 is 0 Å². The average molecular weight is 281 g/mol. The third-order valence-electron chi connectivity index (χ3n) is 3.44. The van der Waals surface area contributed by atoms with Crippen molar-refractivity contribution in [2.45, 2.75) is 26.7 Å². The Bertz CT molecular complexity index is 662. The second kappa shape index (κ2) is 6.84. The van der Waals surface area contributed by atoms with Crippen LogP contribution in [0.4, 0.5) is 5.69 Å². The molecule has 0 aliphatic heterocycles. The van der Waals surface area contributed by atoms with Crippen molar-refractivity contribution in [1.29, 1.82) is 0 Å². The molecule has 0 saturated heterocycles. The van der Waals surface area contributed by atoms with E-state index in [0.29, 0.717) is 24.1 Å². The number of rotatable bonds is 5. The zero-order chi connectivity index (χ0) is 15.2. The van der Waals surface area contributed by atoms with Crippen molar-refractivity contribution in [3.8, 4) is 0 Å². The number of aryl methyl sites for hydroxylation is 2. The van der Waals surface area contributed by atoms with Gasteiger partial charge in [0.05, 0.1) is 0 Å². The lowest BCUT2D eigenvalue weighted by Gasteiger charge is -2.08. The van der Waals surface area contributed by atoms with Crippen LogP contribution in [-0.4, -0.2) is 11.7 Å². The summed E-state index contributed by atoms with van der Waals surface area (Å²) in [6, 6.07) is 15.1. The number of carbonyl (C=O) groups excluding carboxylic acids is 2. The first-order chi connectivity index (χ1) is 10.1. The van der Waals surface area contributed by atoms with Gasteiger partial charge in [-0.3, -0.25) is 9.59 Å². The van der Waals surface area contributed by atoms with Crippen molar-refractivity contribution < 1.29 is 9.59 Å². The number of anilines is 1. The molecule has 2 rings (SSSR count). The number of amides is 1. The fraction of sp³-hybridized carbons (Fsp3) is 0.222. The van der Waals surface area contributed by atoms with Gasteiger partial charge in [-0.15, -0.1) is 0 Å². The molecule has 1 N–H and O–H groups in total. The molecule has 0 atom stereocenters. The lowest BCUT2D eigenvalue weighted by molar-refractivity contribution is -0.116. The van der Waals surface area contributed by atoms with Gasteiger partial charge in [0.1, 0.15) is 0 Å².